The monoisotopic (exact) mass is 260 g/mol. The van der Waals surface area contributed by atoms with Crippen molar-refractivity contribution >= 4 is 15.7 Å². The molecule has 0 saturated carbocycles. The van der Waals surface area contributed by atoms with Crippen LogP contribution in [0.5, 0.6) is 0 Å². The predicted molar refractivity (Wildman–Crippen MR) is 67.5 cm³/mol. The Morgan fingerprint density at radius 2 is 1.94 bits per heavy atom. The van der Waals surface area contributed by atoms with Crippen LogP contribution in [-0.2, 0) is 21.8 Å². The van der Waals surface area contributed by atoms with Crippen LogP contribution in [0.25, 0.3) is 0 Å². The SMILES string of the molecule is CCS(=O)(=O)CCn1nnc(N)c1C(C)(C)C. The largest absolute Gasteiger partial charge is 0.381 e. The van der Waals surface area contributed by atoms with Crippen molar-refractivity contribution in [1.29, 1.82) is 0 Å². The number of nitrogens with two attached hydrogens (primary N) is 1. The molecule has 0 aliphatic rings. The minimum atomic E-state index is -3.00. The van der Waals surface area contributed by atoms with Gasteiger partial charge in [0.2, 0.25) is 0 Å². The van der Waals surface area contributed by atoms with Gasteiger partial charge in [-0.15, -0.1) is 5.10 Å². The Kier molecular flexibility index (Phi) is 3.81. The molecule has 0 amide bonds. The quantitative estimate of drug-likeness (QED) is 0.855. The van der Waals surface area contributed by atoms with Gasteiger partial charge in [0, 0.05) is 11.2 Å². The number of hydrogen-bond acceptors (Lipinski definition) is 5. The fraction of sp³-hybridized carbons (Fsp3) is 0.800. The maximum atomic E-state index is 11.4. The second-order valence-corrected chi connectivity index (χ2v) is 7.51. The minimum absolute atomic E-state index is 0.0649. The van der Waals surface area contributed by atoms with Gasteiger partial charge in [0.25, 0.3) is 0 Å². The van der Waals surface area contributed by atoms with Crippen molar-refractivity contribution in [3.8, 4) is 0 Å². The van der Waals surface area contributed by atoms with Gasteiger partial charge in [-0.2, -0.15) is 0 Å². The summed E-state index contributed by atoms with van der Waals surface area (Å²) in [6, 6.07) is 0. The molecule has 1 heterocycles. The number of rotatable bonds is 4. The number of sulfone groups is 1. The van der Waals surface area contributed by atoms with E-state index < -0.39 is 9.84 Å². The lowest BCUT2D eigenvalue weighted by Crippen LogP contribution is -2.23. The Morgan fingerprint density at radius 1 is 1.35 bits per heavy atom. The molecule has 0 atom stereocenters. The van der Waals surface area contributed by atoms with Gasteiger partial charge in [-0.3, -0.25) is 0 Å². The van der Waals surface area contributed by atoms with Crippen LogP contribution in [-0.4, -0.2) is 34.9 Å². The normalized spacial score (nSPS) is 12.9. The number of nitrogen functional groups attached to an aromatic ring is 1. The lowest BCUT2D eigenvalue weighted by molar-refractivity contribution is 0.491. The maximum Gasteiger partial charge on any atom is 0.169 e. The molecule has 0 saturated heterocycles. The van der Waals surface area contributed by atoms with Crippen molar-refractivity contribution < 1.29 is 8.42 Å². The van der Waals surface area contributed by atoms with Gasteiger partial charge >= 0.3 is 0 Å². The number of aromatic nitrogens is 3. The van der Waals surface area contributed by atoms with Gasteiger partial charge in [-0.1, -0.05) is 32.9 Å². The highest BCUT2D eigenvalue weighted by molar-refractivity contribution is 7.91. The zero-order chi connectivity index (χ0) is 13.3. The molecule has 0 aliphatic heterocycles. The molecule has 17 heavy (non-hydrogen) atoms. The molecule has 1 aromatic rings. The third kappa shape index (κ3) is 3.42. The topological polar surface area (TPSA) is 90.9 Å². The van der Waals surface area contributed by atoms with Crippen molar-refractivity contribution in [2.24, 2.45) is 0 Å². The first-order valence-corrected chi connectivity index (χ1v) is 7.39. The molecule has 0 fully saturated rings. The summed E-state index contributed by atoms with van der Waals surface area (Å²) in [7, 11) is -3.00. The van der Waals surface area contributed by atoms with E-state index in [1.165, 1.54) is 0 Å². The smallest absolute Gasteiger partial charge is 0.169 e. The fourth-order valence-electron chi connectivity index (χ4n) is 1.62. The van der Waals surface area contributed by atoms with E-state index in [0.717, 1.165) is 5.69 Å². The lowest BCUT2D eigenvalue weighted by atomic mass is 9.92. The molecule has 0 aliphatic carbocycles. The first-order chi connectivity index (χ1) is 7.67. The molecular formula is C10H20N4O2S. The summed E-state index contributed by atoms with van der Waals surface area (Å²) in [5.74, 6) is 0.573. The van der Waals surface area contributed by atoms with Crippen molar-refractivity contribution in [3.05, 3.63) is 5.69 Å². The second-order valence-electron chi connectivity index (χ2n) is 5.03. The van der Waals surface area contributed by atoms with Gasteiger partial charge in [0.05, 0.1) is 18.0 Å². The number of anilines is 1. The summed E-state index contributed by atoms with van der Waals surface area (Å²) >= 11 is 0. The van der Waals surface area contributed by atoms with E-state index in [9.17, 15) is 8.42 Å². The first-order valence-electron chi connectivity index (χ1n) is 5.57. The summed E-state index contributed by atoms with van der Waals surface area (Å²) in [5, 5.41) is 7.70. The molecule has 0 spiro atoms. The number of aryl methyl sites for hydroxylation is 1. The highest BCUT2D eigenvalue weighted by atomic mass is 32.2. The van der Waals surface area contributed by atoms with Crippen molar-refractivity contribution in [2.75, 3.05) is 17.2 Å². The fourth-order valence-corrected chi connectivity index (χ4v) is 2.36. The molecule has 98 valence electrons. The van der Waals surface area contributed by atoms with E-state index in [-0.39, 0.29) is 16.9 Å². The van der Waals surface area contributed by atoms with Gasteiger partial charge in [0.1, 0.15) is 0 Å². The van der Waals surface area contributed by atoms with Crippen LogP contribution in [0.15, 0.2) is 0 Å². The van der Waals surface area contributed by atoms with Crippen molar-refractivity contribution in [2.45, 2.75) is 39.7 Å². The van der Waals surface area contributed by atoms with Crippen LogP contribution in [0.1, 0.15) is 33.4 Å². The van der Waals surface area contributed by atoms with Gasteiger partial charge < -0.3 is 5.73 Å². The summed E-state index contributed by atoms with van der Waals surface area (Å²) in [5.41, 5.74) is 6.33. The van der Waals surface area contributed by atoms with Crippen LogP contribution < -0.4 is 5.73 Å². The van der Waals surface area contributed by atoms with E-state index in [0.29, 0.717) is 12.4 Å². The van der Waals surface area contributed by atoms with E-state index in [1.807, 2.05) is 20.8 Å². The van der Waals surface area contributed by atoms with E-state index in [2.05, 4.69) is 10.3 Å². The van der Waals surface area contributed by atoms with Gasteiger partial charge in [-0.25, -0.2) is 13.1 Å². The zero-order valence-electron chi connectivity index (χ0n) is 10.8. The number of hydrogen-bond donors (Lipinski definition) is 1. The van der Waals surface area contributed by atoms with Crippen LogP contribution in [0, 0.1) is 0 Å². The van der Waals surface area contributed by atoms with E-state index in [1.54, 1.807) is 11.6 Å². The standard InChI is InChI=1S/C10H20N4O2S/c1-5-17(15,16)7-6-14-8(10(2,3)4)9(11)12-13-14/h5-7,11H2,1-4H3. The highest BCUT2D eigenvalue weighted by Gasteiger charge is 2.24. The Bertz CT molecular complexity index is 485. The molecule has 0 unspecified atom stereocenters. The molecule has 0 radical (unpaired) electrons. The average Bonchev–Trinajstić information content (AvgIpc) is 2.56. The van der Waals surface area contributed by atoms with Gasteiger partial charge in [0.15, 0.2) is 15.7 Å². The maximum absolute atomic E-state index is 11.4. The first kappa shape index (κ1) is 14.0. The Hall–Kier alpha value is -1.11. The predicted octanol–water partition coefficient (Wildman–Crippen LogP) is 0.592. The van der Waals surface area contributed by atoms with Crippen LogP contribution >= 0.6 is 0 Å². The molecular weight excluding hydrogens is 240 g/mol. The van der Waals surface area contributed by atoms with Crippen LogP contribution in [0.3, 0.4) is 0 Å². The summed E-state index contributed by atoms with van der Waals surface area (Å²) in [6.07, 6.45) is 0. The van der Waals surface area contributed by atoms with Crippen LogP contribution in [0.4, 0.5) is 5.82 Å². The van der Waals surface area contributed by atoms with Crippen LogP contribution in [0.2, 0.25) is 0 Å². The molecule has 2 N–H and O–H groups in total. The van der Waals surface area contributed by atoms with E-state index in [4.69, 9.17) is 5.73 Å². The second kappa shape index (κ2) is 4.64. The summed E-state index contributed by atoms with van der Waals surface area (Å²) in [6.45, 7) is 7.91. The third-order valence-corrected chi connectivity index (χ3v) is 4.21. The minimum Gasteiger partial charge on any atom is -0.381 e. The zero-order valence-corrected chi connectivity index (χ0v) is 11.6. The average molecular weight is 260 g/mol. The lowest BCUT2D eigenvalue weighted by Gasteiger charge is -2.20. The Labute approximate surface area is 102 Å². The number of nitrogens with zero attached hydrogens (tertiary/aromatic N) is 3. The molecule has 1 aromatic heterocycles. The van der Waals surface area contributed by atoms with E-state index >= 15 is 0 Å². The Morgan fingerprint density at radius 3 is 2.41 bits per heavy atom. The van der Waals surface area contributed by atoms with Gasteiger partial charge in [-0.05, 0) is 0 Å². The highest BCUT2D eigenvalue weighted by Crippen LogP contribution is 2.25. The molecule has 1 rings (SSSR count). The molecule has 6 nitrogen and oxygen atoms in total. The Balaban J connectivity index is 2.94. The summed E-state index contributed by atoms with van der Waals surface area (Å²) < 4.78 is 24.5. The molecule has 7 heteroatoms. The van der Waals surface area contributed by atoms with Crippen molar-refractivity contribution in [1.82, 2.24) is 15.0 Å². The molecule has 0 bridgehead atoms. The third-order valence-electron chi connectivity index (χ3n) is 2.53. The molecule has 0 aromatic carbocycles. The summed E-state index contributed by atoms with van der Waals surface area (Å²) in [4.78, 5) is 0. The van der Waals surface area contributed by atoms with Crippen molar-refractivity contribution in [3.63, 3.8) is 0 Å².